The van der Waals surface area contributed by atoms with Gasteiger partial charge in [-0.2, -0.15) is 5.26 Å². The van der Waals surface area contributed by atoms with Gasteiger partial charge in [0.05, 0.1) is 18.2 Å². The lowest BCUT2D eigenvalue weighted by atomic mass is 9.76. The highest BCUT2D eigenvalue weighted by molar-refractivity contribution is 5.33. The van der Waals surface area contributed by atoms with Crippen molar-refractivity contribution in [1.82, 2.24) is 5.32 Å². The molecule has 20 heavy (non-hydrogen) atoms. The van der Waals surface area contributed by atoms with E-state index in [0.29, 0.717) is 23.6 Å². The zero-order valence-electron chi connectivity index (χ0n) is 11.8. The second-order valence-corrected chi connectivity index (χ2v) is 5.91. The van der Waals surface area contributed by atoms with Crippen molar-refractivity contribution >= 4 is 0 Å². The molecular formula is C16H21FN2O. The van der Waals surface area contributed by atoms with Crippen LogP contribution in [0.3, 0.4) is 0 Å². The minimum atomic E-state index is -0.313. The summed E-state index contributed by atoms with van der Waals surface area (Å²) >= 11 is 0. The minimum absolute atomic E-state index is 0.0664. The van der Waals surface area contributed by atoms with Crippen molar-refractivity contribution in [2.75, 3.05) is 6.61 Å². The van der Waals surface area contributed by atoms with Gasteiger partial charge in [0.15, 0.2) is 0 Å². The topological polar surface area (TPSA) is 56.0 Å². The van der Waals surface area contributed by atoms with E-state index in [0.717, 1.165) is 19.3 Å². The number of halogens is 1. The Balaban J connectivity index is 2.08. The van der Waals surface area contributed by atoms with Gasteiger partial charge in [-0.05, 0) is 37.0 Å². The molecule has 4 heteroatoms. The van der Waals surface area contributed by atoms with Crippen molar-refractivity contribution in [3.63, 3.8) is 0 Å². The molecule has 2 N–H and O–H groups in total. The number of nitriles is 1. The largest absolute Gasteiger partial charge is 0.394 e. The summed E-state index contributed by atoms with van der Waals surface area (Å²) in [4.78, 5) is 0. The molecule has 1 aromatic carbocycles. The lowest BCUT2D eigenvalue weighted by Crippen LogP contribution is -2.51. The van der Waals surface area contributed by atoms with Gasteiger partial charge in [0.25, 0.3) is 0 Å². The highest BCUT2D eigenvalue weighted by Crippen LogP contribution is 2.32. The Labute approximate surface area is 119 Å². The Hall–Kier alpha value is -1.44. The van der Waals surface area contributed by atoms with Gasteiger partial charge in [-0.25, -0.2) is 4.39 Å². The van der Waals surface area contributed by atoms with E-state index in [1.165, 1.54) is 18.6 Å². The number of hydrogen-bond acceptors (Lipinski definition) is 3. The SMILES string of the molecule is CC1CCCC(CO)(NCc2cc(C#N)ccc2F)C1. The van der Waals surface area contributed by atoms with Crippen LogP contribution in [0.5, 0.6) is 0 Å². The first-order valence-electron chi connectivity index (χ1n) is 7.13. The lowest BCUT2D eigenvalue weighted by Gasteiger charge is -2.39. The number of aliphatic hydroxyl groups excluding tert-OH is 1. The summed E-state index contributed by atoms with van der Waals surface area (Å²) in [6.07, 6.45) is 4.08. The van der Waals surface area contributed by atoms with E-state index in [2.05, 4.69) is 12.2 Å². The van der Waals surface area contributed by atoms with Gasteiger partial charge in [0.2, 0.25) is 0 Å². The second kappa shape index (κ2) is 6.34. The van der Waals surface area contributed by atoms with E-state index in [1.54, 1.807) is 6.07 Å². The van der Waals surface area contributed by atoms with Gasteiger partial charge >= 0.3 is 0 Å². The number of nitrogens with zero attached hydrogens (tertiary/aromatic N) is 1. The van der Waals surface area contributed by atoms with Crippen LogP contribution in [0.25, 0.3) is 0 Å². The van der Waals surface area contributed by atoms with Gasteiger partial charge in [-0.1, -0.05) is 19.8 Å². The van der Waals surface area contributed by atoms with E-state index < -0.39 is 0 Å². The Morgan fingerprint density at radius 2 is 2.35 bits per heavy atom. The van der Waals surface area contributed by atoms with Crippen molar-refractivity contribution in [3.05, 3.63) is 35.1 Å². The molecular weight excluding hydrogens is 255 g/mol. The Morgan fingerprint density at radius 1 is 1.55 bits per heavy atom. The van der Waals surface area contributed by atoms with Crippen LogP contribution >= 0.6 is 0 Å². The lowest BCUT2D eigenvalue weighted by molar-refractivity contribution is 0.0979. The maximum absolute atomic E-state index is 13.8. The molecule has 0 aromatic heterocycles. The molecule has 2 rings (SSSR count). The van der Waals surface area contributed by atoms with Crippen molar-refractivity contribution in [2.45, 2.75) is 44.7 Å². The summed E-state index contributed by atoms with van der Waals surface area (Å²) in [6, 6.07) is 6.39. The third-order valence-corrected chi connectivity index (χ3v) is 4.22. The molecule has 0 bridgehead atoms. The molecule has 108 valence electrons. The first-order valence-corrected chi connectivity index (χ1v) is 7.13. The highest BCUT2D eigenvalue weighted by atomic mass is 19.1. The quantitative estimate of drug-likeness (QED) is 0.889. The Kier molecular flexibility index (Phi) is 4.74. The van der Waals surface area contributed by atoms with Crippen LogP contribution in [-0.4, -0.2) is 17.3 Å². The van der Waals surface area contributed by atoms with Gasteiger partial charge in [-0.3, -0.25) is 0 Å². The summed E-state index contributed by atoms with van der Waals surface area (Å²) in [5.74, 6) is 0.257. The predicted molar refractivity (Wildman–Crippen MR) is 75.4 cm³/mol. The molecule has 0 heterocycles. The standard InChI is InChI=1S/C16H21FN2O/c1-12-3-2-6-16(8-12,11-20)19-10-14-7-13(9-18)4-5-15(14)17/h4-5,7,12,19-20H,2-3,6,8,10-11H2,1H3. The van der Waals surface area contributed by atoms with E-state index in [4.69, 9.17) is 5.26 Å². The van der Waals surface area contributed by atoms with E-state index in [1.807, 2.05) is 6.07 Å². The van der Waals surface area contributed by atoms with Gasteiger partial charge < -0.3 is 10.4 Å². The first kappa shape index (κ1) is 15.0. The van der Waals surface area contributed by atoms with E-state index >= 15 is 0 Å². The van der Waals surface area contributed by atoms with Crippen LogP contribution < -0.4 is 5.32 Å². The molecule has 2 unspecified atom stereocenters. The minimum Gasteiger partial charge on any atom is -0.394 e. The van der Waals surface area contributed by atoms with E-state index in [9.17, 15) is 9.50 Å². The van der Waals surface area contributed by atoms with Crippen molar-refractivity contribution in [3.8, 4) is 6.07 Å². The maximum atomic E-state index is 13.8. The summed E-state index contributed by atoms with van der Waals surface area (Å²) in [5.41, 5.74) is 0.626. The molecule has 0 radical (unpaired) electrons. The van der Waals surface area contributed by atoms with Crippen LogP contribution in [-0.2, 0) is 6.54 Å². The molecule has 0 saturated heterocycles. The molecule has 1 aliphatic rings. The van der Waals surface area contributed by atoms with Crippen LogP contribution in [0.4, 0.5) is 4.39 Å². The fourth-order valence-corrected chi connectivity index (χ4v) is 3.08. The third-order valence-electron chi connectivity index (χ3n) is 4.22. The molecule has 1 aromatic rings. The summed E-state index contributed by atoms with van der Waals surface area (Å²) in [7, 11) is 0. The smallest absolute Gasteiger partial charge is 0.127 e. The summed E-state index contributed by atoms with van der Waals surface area (Å²) in [5, 5.41) is 21.9. The molecule has 1 fully saturated rings. The van der Waals surface area contributed by atoms with Crippen LogP contribution in [0.1, 0.15) is 43.7 Å². The average Bonchev–Trinajstić information content (AvgIpc) is 2.46. The molecule has 0 aliphatic heterocycles. The highest BCUT2D eigenvalue weighted by Gasteiger charge is 2.33. The predicted octanol–water partition coefficient (Wildman–Crippen LogP) is 2.73. The monoisotopic (exact) mass is 276 g/mol. The van der Waals surface area contributed by atoms with E-state index in [-0.39, 0.29) is 18.0 Å². The number of nitrogens with one attached hydrogen (secondary N) is 1. The Morgan fingerprint density at radius 3 is 3.00 bits per heavy atom. The summed E-state index contributed by atoms with van der Waals surface area (Å²) < 4.78 is 13.8. The van der Waals surface area contributed by atoms with Gasteiger partial charge in [0, 0.05) is 17.6 Å². The fraction of sp³-hybridized carbons (Fsp3) is 0.562. The van der Waals surface area contributed by atoms with Crippen LogP contribution in [0.15, 0.2) is 18.2 Å². The molecule has 2 atom stereocenters. The number of rotatable bonds is 4. The molecule has 1 aliphatic carbocycles. The van der Waals surface area contributed by atoms with Gasteiger partial charge in [0.1, 0.15) is 5.82 Å². The van der Waals surface area contributed by atoms with Crippen molar-refractivity contribution in [2.24, 2.45) is 5.92 Å². The van der Waals surface area contributed by atoms with Crippen LogP contribution in [0.2, 0.25) is 0 Å². The molecule has 3 nitrogen and oxygen atoms in total. The molecule has 1 saturated carbocycles. The third kappa shape index (κ3) is 3.36. The maximum Gasteiger partial charge on any atom is 0.127 e. The normalized spacial score (nSPS) is 26.2. The zero-order chi connectivity index (χ0) is 14.6. The number of aliphatic hydroxyl groups is 1. The van der Waals surface area contributed by atoms with Crippen molar-refractivity contribution in [1.29, 1.82) is 5.26 Å². The average molecular weight is 276 g/mol. The number of benzene rings is 1. The Bertz CT molecular complexity index is 512. The zero-order valence-corrected chi connectivity index (χ0v) is 11.8. The van der Waals surface area contributed by atoms with Crippen molar-refractivity contribution < 1.29 is 9.50 Å². The second-order valence-electron chi connectivity index (χ2n) is 5.91. The fourth-order valence-electron chi connectivity index (χ4n) is 3.08. The molecule has 0 spiro atoms. The number of hydrogen-bond donors (Lipinski definition) is 2. The first-order chi connectivity index (χ1) is 9.58. The van der Waals surface area contributed by atoms with Gasteiger partial charge in [-0.15, -0.1) is 0 Å². The summed E-state index contributed by atoms with van der Waals surface area (Å²) in [6.45, 7) is 2.59. The molecule has 0 amide bonds. The van der Waals surface area contributed by atoms with Crippen LogP contribution in [0, 0.1) is 23.1 Å².